The molecule has 1 aromatic rings. The number of carbonyl (C=O) groups excluding carboxylic acids is 1. The highest BCUT2D eigenvalue weighted by atomic mass is 32.2. The summed E-state index contributed by atoms with van der Waals surface area (Å²) in [6.07, 6.45) is 0.629. The number of thioether (sulfide) groups is 1. The van der Waals surface area contributed by atoms with Crippen LogP contribution in [0.1, 0.15) is 25.3 Å². The molecule has 0 spiro atoms. The predicted octanol–water partition coefficient (Wildman–Crippen LogP) is 3.63. The van der Waals surface area contributed by atoms with Gasteiger partial charge in [-0.05, 0) is 24.4 Å². The van der Waals surface area contributed by atoms with E-state index in [0.29, 0.717) is 63.3 Å². The van der Waals surface area contributed by atoms with E-state index in [0.717, 1.165) is 5.56 Å². The van der Waals surface area contributed by atoms with Crippen molar-refractivity contribution in [3.8, 4) is 6.07 Å². The first-order chi connectivity index (χ1) is 15.5. The maximum absolute atomic E-state index is 12.1. The van der Waals surface area contributed by atoms with Gasteiger partial charge in [0.1, 0.15) is 4.75 Å². The number of nitrogens with one attached hydrogen (secondary N) is 1. The van der Waals surface area contributed by atoms with Crippen LogP contribution in [0.4, 0.5) is 0 Å². The fourth-order valence-corrected chi connectivity index (χ4v) is 3.96. The van der Waals surface area contributed by atoms with Gasteiger partial charge in [-0.15, -0.1) is 0 Å². The molecule has 1 atom stereocenters. The van der Waals surface area contributed by atoms with Crippen LogP contribution >= 0.6 is 24.0 Å². The summed E-state index contributed by atoms with van der Waals surface area (Å²) >= 11 is 6.76. The van der Waals surface area contributed by atoms with E-state index in [4.69, 9.17) is 32.0 Å². The molecule has 32 heavy (non-hydrogen) atoms. The van der Waals surface area contributed by atoms with E-state index in [-0.39, 0.29) is 12.3 Å². The molecule has 1 aromatic carbocycles. The second-order valence-electron chi connectivity index (χ2n) is 6.74. The molecule has 1 amide bonds. The molecule has 0 aliphatic rings. The van der Waals surface area contributed by atoms with Crippen LogP contribution in [0.2, 0.25) is 0 Å². The Labute approximate surface area is 198 Å². The molecule has 11 heteroatoms. The van der Waals surface area contributed by atoms with Crippen LogP contribution in [0.15, 0.2) is 35.4 Å². The van der Waals surface area contributed by atoms with E-state index < -0.39 is 4.75 Å². The molecule has 0 saturated heterocycles. The maximum Gasteiger partial charge on any atom is 0.220 e. The number of thiocarbonyl (C=S) groups is 1. The third-order valence-electron chi connectivity index (χ3n) is 4.10. The van der Waals surface area contributed by atoms with E-state index in [2.05, 4.69) is 21.4 Å². The monoisotopic (exact) mass is 479 g/mol. The number of azide groups is 1. The molecule has 1 N–H and O–H groups in total. The van der Waals surface area contributed by atoms with Crippen molar-refractivity contribution in [2.24, 2.45) is 5.11 Å². The van der Waals surface area contributed by atoms with Gasteiger partial charge in [-0.25, -0.2) is 0 Å². The first kappa shape index (κ1) is 27.8. The highest BCUT2D eigenvalue weighted by Gasteiger charge is 2.28. The van der Waals surface area contributed by atoms with Gasteiger partial charge in [0, 0.05) is 24.4 Å². The Kier molecular flexibility index (Phi) is 15.1. The van der Waals surface area contributed by atoms with E-state index in [1.807, 2.05) is 30.3 Å². The molecule has 174 valence electrons. The number of amides is 1. The number of benzene rings is 1. The second-order valence-corrected chi connectivity index (χ2v) is 8.92. The summed E-state index contributed by atoms with van der Waals surface area (Å²) in [5.41, 5.74) is 9.02. The van der Waals surface area contributed by atoms with Crippen LogP contribution in [-0.2, 0) is 19.0 Å². The Morgan fingerprint density at radius 2 is 1.81 bits per heavy atom. The Hall–Kier alpha value is -2.19. The van der Waals surface area contributed by atoms with Crippen molar-refractivity contribution in [2.45, 2.75) is 24.5 Å². The molecule has 0 aliphatic heterocycles. The lowest BCUT2D eigenvalue weighted by molar-refractivity contribution is -0.121. The Bertz CT molecular complexity index is 784. The summed E-state index contributed by atoms with van der Waals surface area (Å²) in [4.78, 5) is 14.7. The highest BCUT2D eigenvalue weighted by molar-refractivity contribution is 8.24. The summed E-state index contributed by atoms with van der Waals surface area (Å²) in [5.74, 6) is -0.129. The van der Waals surface area contributed by atoms with Crippen molar-refractivity contribution < 1.29 is 19.0 Å². The molecule has 9 nitrogen and oxygen atoms in total. The lowest BCUT2D eigenvalue weighted by Gasteiger charge is -2.21. The van der Waals surface area contributed by atoms with Crippen molar-refractivity contribution in [3.63, 3.8) is 0 Å². The number of nitriles is 1. The average Bonchev–Trinajstić information content (AvgIpc) is 2.81. The van der Waals surface area contributed by atoms with Crippen LogP contribution in [-0.4, -0.2) is 67.6 Å². The zero-order valence-electron chi connectivity index (χ0n) is 18.2. The van der Waals surface area contributed by atoms with Gasteiger partial charge in [-0.1, -0.05) is 59.4 Å². The Morgan fingerprint density at radius 1 is 1.19 bits per heavy atom. The van der Waals surface area contributed by atoms with E-state index in [9.17, 15) is 10.1 Å². The molecule has 0 aromatic heterocycles. The topological polar surface area (TPSA) is 129 Å². The normalized spacial score (nSPS) is 12.2. The SMILES string of the molecule is CC(C#N)(CCC(=O)NCCOCCOCCOCCN=[N+]=[N-])SC(=S)c1ccccc1. The molecule has 1 rings (SSSR count). The number of carbonyl (C=O) groups is 1. The van der Waals surface area contributed by atoms with Gasteiger partial charge in [0.2, 0.25) is 5.91 Å². The molecular formula is C21H29N5O4S2. The van der Waals surface area contributed by atoms with Crippen LogP contribution in [0.5, 0.6) is 0 Å². The van der Waals surface area contributed by atoms with E-state index >= 15 is 0 Å². The molecule has 0 fully saturated rings. The molecule has 1 unspecified atom stereocenters. The maximum atomic E-state index is 12.1. The van der Waals surface area contributed by atoms with Crippen molar-refractivity contribution in [1.29, 1.82) is 5.26 Å². The first-order valence-electron chi connectivity index (χ1n) is 10.2. The van der Waals surface area contributed by atoms with Gasteiger partial charge in [0.05, 0.1) is 49.9 Å². The number of nitrogens with zero attached hydrogens (tertiary/aromatic N) is 4. The summed E-state index contributed by atoms with van der Waals surface area (Å²) in [7, 11) is 0. The minimum absolute atomic E-state index is 0.129. The zero-order chi connectivity index (χ0) is 23.5. The molecule has 0 aliphatic carbocycles. The fourth-order valence-electron chi connectivity index (χ4n) is 2.36. The van der Waals surface area contributed by atoms with Gasteiger partial charge in [-0.2, -0.15) is 5.26 Å². The first-order valence-corrected chi connectivity index (χ1v) is 11.4. The third kappa shape index (κ3) is 13.3. The van der Waals surface area contributed by atoms with Gasteiger partial charge in [0.15, 0.2) is 0 Å². The smallest absolute Gasteiger partial charge is 0.220 e. The Balaban J connectivity index is 2.08. The van der Waals surface area contributed by atoms with Crippen LogP contribution in [0, 0.1) is 11.3 Å². The molecular weight excluding hydrogens is 450 g/mol. The Morgan fingerprint density at radius 3 is 2.44 bits per heavy atom. The van der Waals surface area contributed by atoms with Crippen LogP contribution < -0.4 is 5.32 Å². The highest BCUT2D eigenvalue weighted by Crippen LogP contribution is 2.32. The molecule has 0 bridgehead atoms. The van der Waals surface area contributed by atoms with Crippen LogP contribution in [0.25, 0.3) is 10.4 Å². The molecule has 0 heterocycles. The largest absolute Gasteiger partial charge is 0.379 e. The van der Waals surface area contributed by atoms with Gasteiger partial charge >= 0.3 is 0 Å². The minimum Gasteiger partial charge on any atom is -0.379 e. The van der Waals surface area contributed by atoms with E-state index in [1.165, 1.54) is 11.8 Å². The number of hydrogen-bond acceptors (Lipinski definition) is 8. The standard InChI is InChI=1S/C21H29N5O4S2/c1-21(17-22,32-20(31)18-5-3-2-4-6-18)8-7-19(27)24-9-11-28-13-15-30-16-14-29-12-10-25-26-23/h2-6H,7-16H2,1H3,(H,24,27). The fraction of sp³-hybridized carbons (Fsp3) is 0.571. The zero-order valence-corrected chi connectivity index (χ0v) is 19.8. The average molecular weight is 480 g/mol. The summed E-state index contributed by atoms with van der Waals surface area (Å²) < 4.78 is 15.8. The van der Waals surface area contributed by atoms with Gasteiger partial charge in [-0.3, -0.25) is 4.79 Å². The lowest BCUT2D eigenvalue weighted by Crippen LogP contribution is -2.30. The molecule has 0 saturated carbocycles. The van der Waals surface area contributed by atoms with Crippen molar-refractivity contribution >= 4 is 34.1 Å². The molecule has 0 radical (unpaired) electrons. The van der Waals surface area contributed by atoms with Crippen molar-refractivity contribution in [1.82, 2.24) is 5.32 Å². The van der Waals surface area contributed by atoms with Crippen molar-refractivity contribution in [3.05, 3.63) is 46.3 Å². The van der Waals surface area contributed by atoms with Gasteiger partial charge < -0.3 is 19.5 Å². The number of rotatable bonds is 17. The van der Waals surface area contributed by atoms with Crippen molar-refractivity contribution in [2.75, 3.05) is 52.7 Å². The van der Waals surface area contributed by atoms with Crippen LogP contribution in [0.3, 0.4) is 0 Å². The minimum atomic E-state index is -0.773. The summed E-state index contributed by atoms with van der Waals surface area (Å²) in [6.45, 7) is 4.93. The van der Waals surface area contributed by atoms with Gasteiger partial charge in [0.25, 0.3) is 0 Å². The number of hydrogen-bond donors (Lipinski definition) is 1. The lowest BCUT2D eigenvalue weighted by atomic mass is 10.1. The summed E-state index contributed by atoms with van der Waals surface area (Å²) in [6, 6.07) is 11.8. The third-order valence-corrected chi connectivity index (χ3v) is 5.76. The second kappa shape index (κ2) is 17.4. The predicted molar refractivity (Wildman–Crippen MR) is 128 cm³/mol. The summed E-state index contributed by atoms with van der Waals surface area (Å²) in [5, 5.41) is 15.7. The van der Waals surface area contributed by atoms with E-state index in [1.54, 1.807) is 6.92 Å². The number of ether oxygens (including phenoxy) is 3. The quantitative estimate of drug-likeness (QED) is 0.119.